The van der Waals surface area contributed by atoms with E-state index in [1.165, 1.54) is 22.0 Å². The van der Waals surface area contributed by atoms with Crippen molar-refractivity contribution >= 4 is 0 Å². The summed E-state index contributed by atoms with van der Waals surface area (Å²) in [6.45, 7) is 6.23. The van der Waals surface area contributed by atoms with E-state index in [1.807, 2.05) is 6.92 Å². The van der Waals surface area contributed by atoms with Crippen molar-refractivity contribution in [1.82, 2.24) is 14.5 Å². The molecule has 0 bridgehead atoms. The first-order chi connectivity index (χ1) is 11.0. The first kappa shape index (κ1) is 15.9. The molecule has 1 aliphatic heterocycles. The van der Waals surface area contributed by atoms with E-state index in [0.29, 0.717) is 12.1 Å². The summed E-state index contributed by atoms with van der Waals surface area (Å²) in [5, 5.41) is 10.4. The summed E-state index contributed by atoms with van der Waals surface area (Å²) in [4.78, 5) is 18.6. The van der Waals surface area contributed by atoms with Gasteiger partial charge in [-0.15, -0.1) is 0 Å². The Labute approximate surface area is 136 Å². The topological polar surface area (TPSA) is 58.4 Å². The molecule has 23 heavy (non-hydrogen) atoms. The Morgan fingerprint density at radius 1 is 1.22 bits per heavy atom. The van der Waals surface area contributed by atoms with Crippen molar-refractivity contribution in [3.05, 3.63) is 63.3 Å². The lowest BCUT2D eigenvalue weighted by Crippen LogP contribution is -2.39. The second-order valence-corrected chi connectivity index (χ2v) is 6.32. The van der Waals surface area contributed by atoms with Crippen LogP contribution in [0.25, 0.3) is 0 Å². The molecular weight excluding hydrogens is 290 g/mol. The molecule has 2 aromatic rings. The minimum Gasteiger partial charge on any atom is -0.390 e. The largest absolute Gasteiger partial charge is 0.390 e. The fraction of sp³-hybridized carbons (Fsp3) is 0.444. The molecule has 122 valence electrons. The molecule has 0 saturated heterocycles. The van der Waals surface area contributed by atoms with Gasteiger partial charge in [0.1, 0.15) is 0 Å². The van der Waals surface area contributed by atoms with Gasteiger partial charge in [-0.25, -0.2) is 4.98 Å². The minimum absolute atomic E-state index is 0.0689. The van der Waals surface area contributed by atoms with Crippen LogP contribution in [0.3, 0.4) is 0 Å². The summed E-state index contributed by atoms with van der Waals surface area (Å²) in [5.74, 6) is 0. The fourth-order valence-electron chi connectivity index (χ4n) is 3.10. The summed E-state index contributed by atoms with van der Waals surface area (Å²) in [6.07, 6.45) is 1.95. The van der Waals surface area contributed by atoms with E-state index in [-0.39, 0.29) is 12.1 Å². The van der Waals surface area contributed by atoms with E-state index in [4.69, 9.17) is 0 Å². The highest BCUT2D eigenvalue weighted by molar-refractivity contribution is 5.29. The zero-order chi connectivity index (χ0) is 16.4. The maximum atomic E-state index is 12.2. The molecule has 5 nitrogen and oxygen atoms in total. The number of nitrogens with zero attached hydrogens (tertiary/aromatic N) is 3. The summed E-state index contributed by atoms with van der Waals surface area (Å²) in [6, 6.07) is 8.44. The lowest BCUT2D eigenvalue weighted by Gasteiger charge is -2.30. The smallest absolute Gasteiger partial charge is 0.256 e. The highest BCUT2D eigenvalue weighted by atomic mass is 16.3. The molecule has 1 aliphatic rings. The van der Waals surface area contributed by atoms with Crippen LogP contribution in [0.15, 0.2) is 35.4 Å². The number of aromatic nitrogens is 2. The molecule has 0 fully saturated rings. The van der Waals surface area contributed by atoms with Crippen molar-refractivity contribution in [3.8, 4) is 0 Å². The predicted molar refractivity (Wildman–Crippen MR) is 89.4 cm³/mol. The van der Waals surface area contributed by atoms with Crippen molar-refractivity contribution in [3.63, 3.8) is 0 Å². The van der Waals surface area contributed by atoms with Gasteiger partial charge in [0.2, 0.25) is 0 Å². The fourth-order valence-corrected chi connectivity index (χ4v) is 3.10. The van der Waals surface area contributed by atoms with Crippen LogP contribution in [0, 0.1) is 13.8 Å². The normalized spacial score (nSPS) is 16.1. The van der Waals surface area contributed by atoms with Gasteiger partial charge in [0, 0.05) is 30.9 Å². The molecule has 0 aliphatic carbocycles. The Morgan fingerprint density at radius 2 is 1.96 bits per heavy atom. The van der Waals surface area contributed by atoms with Gasteiger partial charge in [0.25, 0.3) is 5.56 Å². The number of hydrogen-bond acceptors (Lipinski definition) is 4. The average molecular weight is 313 g/mol. The first-order valence-corrected chi connectivity index (χ1v) is 8.04. The van der Waals surface area contributed by atoms with Crippen LogP contribution >= 0.6 is 0 Å². The maximum Gasteiger partial charge on any atom is 0.256 e. The quantitative estimate of drug-likeness (QED) is 0.924. The maximum absolute atomic E-state index is 12.2. The van der Waals surface area contributed by atoms with E-state index in [0.717, 1.165) is 25.2 Å². The molecular formula is C18H23N3O2. The molecule has 3 rings (SSSR count). The molecule has 1 unspecified atom stereocenters. The summed E-state index contributed by atoms with van der Waals surface area (Å²) in [5.41, 5.74) is 4.05. The third kappa shape index (κ3) is 3.51. The zero-order valence-electron chi connectivity index (χ0n) is 13.7. The number of rotatable bonds is 4. The number of hydrogen-bond donors (Lipinski definition) is 1. The third-order valence-electron chi connectivity index (χ3n) is 4.60. The van der Waals surface area contributed by atoms with Crippen molar-refractivity contribution in [2.75, 3.05) is 13.1 Å². The number of aliphatic hydroxyl groups excluding tert-OH is 1. The van der Waals surface area contributed by atoms with Crippen molar-refractivity contribution in [2.45, 2.75) is 39.5 Å². The van der Waals surface area contributed by atoms with Crippen molar-refractivity contribution in [2.24, 2.45) is 0 Å². The van der Waals surface area contributed by atoms with Crippen LogP contribution < -0.4 is 5.56 Å². The van der Waals surface area contributed by atoms with Gasteiger partial charge in [0.15, 0.2) is 0 Å². The van der Waals surface area contributed by atoms with Crippen LogP contribution in [0.4, 0.5) is 0 Å². The van der Waals surface area contributed by atoms with Crippen LogP contribution in [0.5, 0.6) is 0 Å². The van der Waals surface area contributed by atoms with Gasteiger partial charge in [0.05, 0.1) is 19.0 Å². The average Bonchev–Trinajstić information content (AvgIpc) is 2.55. The number of aryl methyl sites for hydroxylation is 1. The molecule has 1 atom stereocenters. The number of fused-ring (bicyclic) bond motifs is 1. The van der Waals surface area contributed by atoms with Crippen LogP contribution in [0.1, 0.15) is 22.4 Å². The van der Waals surface area contributed by atoms with Gasteiger partial charge in [-0.2, -0.15) is 0 Å². The highest BCUT2D eigenvalue weighted by Gasteiger charge is 2.19. The predicted octanol–water partition coefficient (Wildman–Crippen LogP) is 1.28. The Bertz CT molecular complexity index is 754. The second kappa shape index (κ2) is 6.64. The number of aliphatic hydroxyl groups is 1. The van der Waals surface area contributed by atoms with Crippen LogP contribution in [-0.2, 0) is 19.5 Å². The summed E-state index contributed by atoms with van der Waals surface area (Å²) in [7, 11) is 0. The summed E-state index contributed by atoms with van der Waals surface area (Å²) >= 11 is 0. The third-order valence-corrected chi connectivity index (χ3v) is 4.60. The van der Waals surface area contributed by atoms with Gasteiger partial charge >= 0.3 is 0 Å². The van der Waals surface area contributed by atoms with E-state index in [1.54, 1.807) is 6.92 Å². The van der Waals surface area contributed by atoms with Crippen molar-refractivity contribution in [1.29, 1.82) is 0 Å². The van der Waals surface area contributed by atoms with Gasteiger partial charge in [-0.3, -0.25) is 14.3 Å². The van der Waals surface area contributed by atoms with E-state index in [2.05, 4.69) is 34.1 Å². The molecule has 0 spiro atoms. The zero-order valence-corrected chi connectivity index (χ0v) is 13.7. The Morgan fingerprint density at radius 3 is 2.74 bits per heavy atom. The first-order valence-electron chi connectivity index (χ1n) is 8.04. The molecule has 5 heteroatoms. The molecule has 1 N–H and O–H groups in total. The lowest BCUT2D eigenvalue weighted by atomic mass is 10.00. The van der Waals surface area contributed by atoms with Crippen molar-refractivity contribution < 1.29 is 5.11 Å². The number of β-amino-alcohol motifs (C(OH)–C–C–N with tert-alkyl or cyclic N) is 1. The second-order valence-electron chi connectivity index (χ2n) is 6.32. The Hall–Kier alpha value is -1.98. The SMILES string of the molecule is Cc1ncn(CC(O)CN2CCc3ccccc3C2)c(=O)c1C. The summed E-state index contributed by atoms with van der Waals surface area (Å²) < 4.78 is 1.50. The lowest BCUT2D eigenvalue weighted by molar-refractivity contribution is 0.0906. The molecule has 0 saturated carbocycles. The van der Waals surface area contributed by atoms with E-state index < -0.39 is 6.10 Å². The van der Waals surface area contributed by atoms with Crippen LogP contribution in [-0.4, -0.2) is 38.8 Å². The monoisotopic (exact) mass is 313 g/mol. The minimum atomic E-state index is -0.582. The molecule has 1 aromatic heterocycles. The van der Waals surface area contributed by atoms with Gasteiger partial charge in [-0.05, 0) is 31.4 Å². The molecule has 0 radical (unpaired) electrons. The van der Waals surface area contributed by atoms with E-state index >= 15 is 0 Å². The van der Waals surface area contributed by atoms with Gasteiger partial charge < -0.3 is 5.11 Å². The van der Waals surface area contributed by atoms with Crippen LogP contribution in [0.2, 0.25) is 0 Å². The Kier molecular flexibility index (Phi) is 4.59. The van der Waals surface area contributed by atoms with E-state index in [9.17, 15) is 9.90 Å². The molecule has 2 heterocycles. The standard InChI is InChI=1S/C18H23N3O2/c1-13-14(2)19-12-21(18(13)23)11-17(22)10-20-8-7-15-5-3-4-6-16(15)9-20/h3-6,12,17,22H,7-11H2,1-2H3. The number of benzene rings is 1. The molecule has 0 amide bonds. The van der Waals surface area contributed by atoms with Gasteiger partial charge in [-0.1, -0.05) is 24.3 Å². The Balaban J connectivity index is 1.64. The molecule has 1 aromatic carbocycles. The highest BCUT2D eigenvalue weighted by Crippen LogP contribution is 2.18.